The molecule has 0 saturated heterocycles. The summed E-state index contributed by atoms with van der Waals surface area (Å²) in [5.74, 6) is -0.227. The molecule has 0 radical (unpaired) electrons. The van der Waals surface area contributed by atoms with E-state index in [4.69, 9.17) is 5.11 Å². The highest BCUT2D eigenvalue weighted by atomic mass is 16.4. The summed E-state index contributed by atoms with van der Waals surface area (Å²) in [5, 5.41) is 8.98. The van der Waals surface area contributed by atoms with Crippen LogP contribution < -0.4 is 0 Å². The van der Waals surface area contributed by atoms with E-state index in [0.29, 0.717) is 17.7 Å². The Morgan fingerprint density at radius 2 is 2.36 bits per heavy atom. The fourth-order valence-electron chi connectivity index (χ4n) is 2.40. The van der Waals surface area contributed by atoms with Gasteiger partial charge < -0.3 is 9.67 Å². The van der Waals surface area contributed by atoms with Crippen molar-refractivity contribution in [2.24, 2.45) is 5.92 Å². The summed E-state index contributed by atoms with van der Waals surface area (Å²) >= 11 is 0. The van der Waals surface area contributed by atoms with Gasteiger partial charge in [0.2, 0.25) is 0 Å². The van der Waals surface area contributed by atoms with Crippen LogP contribution in [0.2, 0.25) is 0 Å². The van der Waals surface area contributed by atoms with Gasteiger partial charge in [0.15, 0.2) is 0 Å². The maximum Gasteiger partial charge on any atom is 0.352 e. The van der Waals surface area contributed by atoms with Crippen LogP contribution in [-0.4, -0.2) is 15.6 Å². The van der Waals surface area contributed by atoms with Crippen molar-refractivity contribution in [1.29, 1.82) is 0 Å². The Labute approximate surface area is 83.4 Å². The number of carbonyl (C=O) groups is 1. The molecule has 0 aliphatic heterocycles. The topological polar surface area (TPSA) is 42.2 Å². The van der Waals surface area contributed by atoms with Crippen molar-refractivity contribution >= 4 is 5.97 Å². The van der Waals surface area contributed by atoms with Gasteiger partial charge in [-0.2, -0.15) is 0 Å². The lowest BCUT2D eigenvalue weighted by Gasteiger charge is -2.19. The first kappa shape index (κ1) is 9.31. The number of carboxylic acids is 1. The summed E-state index contributed by atoms with van der Waals surface area (Å²) < 4.78 is 1.92. The molecule has 0 aromatic carbocycles. The number of rotatable bonds is 2. The smallest absolute Gasteiger partial charge is 0.352 e. The second-order valence-corrected chi connectivity index (χ2v) is 4.08. The Kier molecular flexibility index (Phi) is 2.32. The average Bonchev–Trinajstić information content (AvgIpc) is 2.70. The van der Waals surface area contributed by atoms with Gasteiger partial charge in [-0.3, -0.25) is 0 Å². The minimum absolute atomic E-state index is 0.385. The van der Waals surface area contributed by atoms with Gasteiger partial charge in [-0.05, 0) is 30.9 Å². The van der Waals surface area contributed by atoms with Crippen molar-refractivity contribution in [2.75, 3.05) is 0 Å². The zero-order chi connectivity index (χ0) is 10.1. The van der Waals surface area contributed by atoms with E-state index < -0.39 is 5.97 Å². The van der Waals surface area contributed by atoms with Crippen LogP contribution in [0.3, 0.4) is 0 Å². The molecule has 2 rings (SSSR count). The van der Waals surface area contributed by atoms with Gasteiger partial charge in [-0.25, -0.2) is 4.79 Å². The van der Waals surface area contributed by atoms with E-state index in [9.17, 15) is 4.79 Å². The van der Waals surface area contributed by atoms with Crippen LogP contribution in [0, 0.1) is 5.92 Å². The Balaban J connectivity index is 2.31. The van der Waals surface area contributed by atoms with Crippen LogP contribution >= 0.6 is 0 Å². The zero-order valence-corrected chi connectivity index (χ0v) is 8.31. The Hall–Kier alpha value is -1.25. The van der Waals surface area contributed by atoms with Crippen molar-refractivity contribution in [3.63, 3.8) is 0 Å². The predicted octanol–water partition coefficient (Wildman–Crippen LogP) is 2.55. The summed E-state index contributed by atoms with van der Waals surface area (Å²) in [6.45, 7) is 2.20. The molecule has 3 nitrogen and oxygen atoms in total. The van der Waals surface area contributed by atoms with Crippen molar-refractivity contribution in [3.05, 3.63) is 24.0 Å². The van der Waals surface area contributed by atoms with Crippen LogP contribution in [0.25, 0.3) is 0 Å². The van der Waals surface area contributed by atoms with Gasteiger partial charge >= 0.3 is 5.97 Å². The summed E-state index contributed by atoms with van der Waals surface area (Å²) in [5.41, 5.74) is 0.420. The summed E-state index contributed by atoms with van der Waals surface area (Å²) in [6.07, 6.45) is 5.41. The minimum atomic E-state index is -0.825. The summed E-state index contributed by atoms with van der Waals surface area (Å²) in [4.78, 5) is 10.9. The molecular formula is C11H15NO2. The maximum absolute atomic E-state index is 10.9. The molecule has 1 aromatic heterocycles. The number of nitrogens with zero attached hydrogens (tertiary/aromatic N) is 1. The molecule has 1 heterocycles. The first-order chi connectivity index (χ1) is 6.70. The van der Waals surface area contributed by atoms with Crippen molar-refractivity contribution in [3.8, 4) is 0 Å². The third kappa shape index (κ3) is 1.43. The number of hydrogen-bond donors (Lipinski definition) is 1. The second kappa shape index (κ2) is 3.48. The van der Waals surface area contributed by atoms with Crippen molar-refractivity contribution < 1.29 is 9.90 Å². The highest BCUT2D eigenvalue weighted by Crippen LogP contribution is 2.36. The largest absolute Gasteiger partial charge is 0.477 e. The molecule has 1 N–H and O–H groups in total. The third-order valence-corrected chi connectivity index (χ3v) is 3.17. The normalized spacial score (nSPS) is 26.6. The van der Waals surface area contributed by atoms with Crippen molar-refractivity contribution in [2.45, 2.75) is 32.2 Å². The quantitative estimate of drug-likeness (QED) is 0.784. The van der Waals surface area contributed by atoms with Gasteiger partial charge in [0.05, 0.1) is 0 Å². The molecule has 1 fully saturated rings. The SMILES string of the molecule is CC1CCCC1n1cccc1C(=O)O. The molecule has 0 amide bonds. The monoisotopic (exact) mass is 193 g/mol. The van der Waals surface area contributed by atoms with Gasteiger partial charge in [-0.1, -0.05) is 13.3 Å². The lowest BCUT2D eigenvalue weighted by Crippen LogP contribution is -2.16. The van der Waals surface area contributed by atoms with Crippen molar-refractivity contribution in [1.82, 2.24) is 4.57 Å². The van der Waals surface area contributed by atoms with Crippen LogP contribution in [0.1, 0.15) is 42.7 Å². The molecular weight excluding hydrogens is 178 g/mol. The molecule has 2 atom stereocenters. The summed E-state index contributed by atoms with van der Waals surface area (Å²) in [7, 11) is 0. The fourth-order valence-corrected chi connectivity index (χ4v) is 2.40. The molecule has 0 bridgehead atoms. The molecule has 0 spiro atoms. The molecule has 3 heteroatoms. The minimum Gasteiger partial charge on any atom is -0.477 e. The van der Waals surface area contributed by atoms with E-state index in [1.807, 2.05) is 16.8 Å². The van der Waals surface area contributed by atoms with Crippen LogP contribution in [-0.2, 0) is 0 Å². The summed E-state index contributed by atoms with van der Waals surface area (Å²) in [6, 6.07) is 3.87. The number of hydrogen-bond acceptors (Lipinski definition) is 1. The number of aromatic carboxylic acids is 1. The highest BCUT2D eigenvalue weighted by molar-refractivity contribution is 5.85. The third-order valence-electron chi connectivity index (χ3n) is 3.17. The fraction of sp³-hybridized carbons (Fsp3) is 0.545. The van der Waals surface area contributed by atoms with E-state index in [1.165, 1.54) is 12.8 Å². The molecule has 1 aliphatic rings. The van der Waals surface area contributed by atoms with Crippen LogP contribution in [0.4, 0.5) is 0 Å². The highest BCUT2D eigenvalue weighted by Gasteiger charge is 2.26. The molecule has 1 saturated carbocycles. The van der Waals surface area contributed by atoms with E-state index in [1.54, 1.807) is 6.07 Å². The number of aromatic nitrogens is 1. The Morgan fingerprint density at radius 1 is 1.57 bits per heavy atom. The molecule has 1 aromatic rings. The van der Waals surface area contributed by atoms with Crippen LogP contribution in [0.5, 0.6) is 0 Å². The van der Waals surface area contributed by atoms with Gasteiger partial charge in [0.25, 0.3) is 0 Å². The lowest BCUT2D eigenvalue weighted by molar-refractivity contribution is 0.0681. The van der Waals surface area contributed by atoms with E-state index in [2.05, 4.69) is 6.92 Å². The van der Waals surface area contributed by atoms with Gasteiger partial charge in [-0.15, -0.1) is 0 Å². The zero-order valence-electron chi connectivity index (χ0n) is 8.31. The first-order valence-corrected chi connectivity index (χ1v) is 5.10. The van der Waals surface area contributed by atoms with E-state index >= 15 is 0 Å². The molecule has 14 heavy (non-hydrogen) atoms. The lowest BCUT2D eigenvalue weighted by atomic mass is 10.1. The van der Waals surface area contributed by atoms with Crippen LogP contribution in [0.15, 0.2) is 18.3 Å². The molecule has 76 valence electrons. The van der Waals surface area contributed by atoms with E-state index in [-0.39, 0.29) is 0 Å². The second-order valence-electron chi connectivity index (χ2n) is 4.08. The number of carboxylic acid groups (broad SMARTS) is 1. The van der Waals surface area contributed by atoms with E-state index in [0.717, 1.165) is 6.42 Å². The average molecular weight is 193 g/mol. The standard InChI is InChI=1S/C11H15NO2/c1-8-4-2-5-9(8)12-7-3-6-10(12)11(13)14/h3,6-9H,2,4-5H2,1H3,(H,13,14). The molecule has 1 aliphatic carbocycles. The Morgan fingerprint density at radius 3 is 2.93 bits per heavy atom. The van der Waals surface area contributed by atoms with Gasteiger partial charge in [0.1, 0.15) is 5.69 Å². The molecule has 2 unspecified atom stereocenters. The predicted molar refractivity (Wildman–Crippen MR) is 53.4 cm³/mol. The maximum atomic E-state index is 10.9. The Bertz CT molecular complexity index is 343. The first-order valence-electron chi connectivity index (χ1n) is 5.10. The van der Waals surface area contributed by atoms with Gasteiger partial charge in [0, 0.05) is 12.2 Å².